The first-order chi connectivity index (χ1) is 12.5. The van der Waals surface area contributed by atoms with Gasteiger partial charge in [-0.3, -0.25) is 4.79 Å². The van der Waals surface area contributed by atoms with Gasteiger partial charge in [0.2, 0.25) is 5.91 Å². The van der Waals surface area contributed by atoms with Gasteiger partial charge in [0, 0.05) is 24.7 Å². The van der Waals surface area contributed by atoms with Gasteiger partial charge >= 0.3 is 0 Å². The van der Waals surface area contributed by atoms with Crippen molar-refractivity contribution in [3.63, 3.8) is 0 Å². The Hall–Kier alpha value is -2.29. The number of piperidine rings is 1. The summed E-state index contributed by atoms with van der Waals surface area (Å²) in [5, 5.41) is 0. The third-order valence-electron chi connectivity index (χ3n) is 4.94. The molecular weight excluding hydrogens is 322 g/mol. The lowest BCUT2D eigenvalue weighted by Gasteiger charge is -2.27. The predicted octanol–water partition coefficient (Wildman–Crippen LogP) is 5.23. The molecule has 2 heterocycles. The van der Waals surface area contributed by atoms with Crippen molar-refractivity contribution >= 4 is 18.1 Å². The van der Waals surface area contributed by atoms with E-state index in [0.29, 0.717) is 0 Å². The Labute approximate surface area is 157 Å². The van der Waals surface area contributed by atoms with E-state index >= 15 is 0 Å². The van der Waals surface area contributed by atoms with E-state index in [0.717, 1.165) is 54.8 Å². The number of likely N-dealkylation sites (tertiary alicyclic amines) is 1. The molecule has 3 rings (SSSR count). The Balaban J connectivity index is 1.73. The van der Waals surface area contributed by atoms with Gasteiger partial charge in [-0.1, -0.05) is 31.2 Å². The Morgan fingerprint density at radius 3 is 2.69 bits per heavy atom. The number of allylic oxidation sites excluding steroid dienone is 2. The number of benzene rings is 1. The number of rotatable bonds is 4. The molecule has 0 spiro atoms. The average molecular weight is 351 g/mol. The van der Waals surface area contributed by atoms with Crippen LogP contribution in [0.4, 0.5) is 0 Å². The maximum absolute atomic E-state index is 12.3. The first-order valence-electron chi connectivity index (χ1n) is 9.67. The molecule has 0 atom stereocenters. The van der Waals surface area contributed by atoms with E-state index in [-0.39, 0.29) is 11.5 Å². The molecule has 1 amide bonds. The van der Waals surface area contributed by atoms with E-state index < -0.39 is 0 Å². The zero-order chi connectivity index (χ0) is 18.6. The van der Waals surface area contributed by atoms with Crippen LogP contribution in [0.25, 0.3) is 12.2 Å². The molecule has 0 saturated carbocycles. The highest BCUT2D eigenvalue weighted by Gasteiger charge is 2.21. The van der Waals surface area contributed by atoms with Crippen molar-refractivity contribution in [1.82, 2.24) is 4.90 Å². The summed E-state index contributed by atoms with van der Waals surface area (Å²) in [5.41, 5.74) is 3.12. The van der Waals surface area contributed by atoms with Crippen LogP contribution in [0.3, 0.4) is 0 Å². The van der Waals surface area contributed by atoms with Gasteiger partial charge in [-0.25, -0.2) is 0 Å². The second-order valence-corrected chi connectivity index (χ2v) is 7.63. The zero-order valence-corrected chi connectivity index (χ0v) is 16.1. The lowest BCUT2D eigenvalue weighted by Crippen LogP contribution is -2.34. The summed E-state index contributed by atoms with van der Waals surface area (Å²) < 4.78 is 5.98. The number of carbonyl (C=O) groups is 1. The van der Waals surface area contributed by atoms with Crippen LogP contribution < -0.4 is 4.74 Å². The van der Waals surface area contributed by atoms with Crippen LogP contribution in [0.15, 0.2) is 42.0 Å². The highest BCUT2D eigenvalue weighted by Crippen LogP contribution is 2.32. The van der Waals surface area contributed by atoms with Crippen LogP contribution in [0.5, 0.6) is 5.75 Å². The molecule has 3 heteroatoms. The summed E-state index contributed by atoms with van der Waals surface area (Å²) in [6, 6.07) is 6.24. The topological polar surface area (TPSA) is 29.5 Å². The standard InChI is InChI=1S/C23H29NO2/c1-4-18(9-11-22(25)24-14-6-5-7-15-24)16-19-8-10-21-20(17-19)12-13-23(2,3)26-21/h8-13,16-17H,4-7,14-15H2,1-3H3. The third kappa shape index (κ3) is 4.66. The summed E-state index contributed by atoms with van der Waals surface area (Å²) in [5.74, 6) is 1.05. The smallest absolute Gasteiger partial charge is 0.246 e. The van der Waals surface area contributed by atoms with Crippen molar-refractivity contribution in [3.8, 4) is 5.75 Å². The molecule has 0 unspecified atom stereocenters. The van der Waals surface area contributed by atoms with Crippen LogP contribution in [0, 0.1) is 0 Å². The Bertz CT molecular complexity index is 749. The molecule has 0 aliphatic carbocycles. The van der Waals surface area contributed by atoms with E-state index in [1.165, 1.54) is 6.42 Å². The molecule has 0 aromatic heterocycles. The maximum atomic E-state index is 12.3. The van der Waals surface area contributed by atoms with Crippen molar-refractivity contribution in [2.75, 3.05) is 13.1 Å². The van der Waals surface area contributed by atoms with Crippen molar-refractivity contribution in [2.24, 2.45) is 0 Å². The molecule has 1 aromatic carbocycles. The van der Waals surface area contributed by atoms with Crippen molar-refractivity contribution in [1.29, 1.82) is 0 Å². The van der Waals surface area contributed by atoms with E-state index in [4.69, 9.17) is 4.74 Å². The van der Waals surface area contributed by atoms with E-state index in [1.54, 1.807) is 6.08 Å². The summed E-state index contributed by atoms with van der Waals surface area (Å²) in [6.07, 6.45) is 14.4. The molecule has 2 aliphatic heterocycles. The number of fused-ring (bicyclic) bond motifs is 1. The normalized spacial score (nSPS) is 19.3. The molecule has 138 valence electrons. The second-order valence-electron chi connectivity index (χ2n) is 7.63. The van der Waals surface area contributed by atoms with Crippen LogP contribution in [0.2, 0.25) is 0 Å². The Morgan fingerprint density at radius 2 is 1.96 bits per heavy atom. The minimum Gasteiger partial charge on any atom is -0.483 e. The van der Waals surface area contributed by atoms with E-state index in [9.17, 15) is 4.79 Å². The van der Waals surface area contributed by atoms with Crippen LogP contribution >= 0.6 is 0 Å². The third-order valence-corrected chi connectivity index (χ3v) is 4.94. The first-order valence-corrected chi connectivity index (χ1v) is 9.67. The van der Waals surface area contributed by atoms with Gasteiger partial charge in [-0.15, -0.1) is 0 Å². The molecule has 0 radical (unpaired) electrons. The minimum atomic E-state index is -0.253. The highest BCUT2D eigenvalue weighted by molar-refractivity contribution is 5.88. The number of amides is 1. The molecule has 2 aliphatic rings. The van der Waals surface area contributed by atoms with Gasteiger partial charge in [0.1, 0.15) is 11.4 Å². The number of ether oxygens (including phenoxy) is 1. The average Bonchev–Trinajstić information content (AvgIpc) is 2.65. The number of carbonyl (C=O) groups excluding carboxylic acids is 1. The van der Waals surface area contributed by atoms with Crippen LogP contribution in [0.1, 0.15) is 57.6 Å². The molecule has 26 heavy (non-hydrogen) atoms. The molecule has 1 fully saturated rings. The fourth-order valence-electron chi connectivity index (χ4n) is 3.37. The quantitative estimate of drug-likeness (QED) is 0.549. The first kappa shape index (κ1) is 18.5. The summed E-state index contributed by atoms with van der Waals surface area (Å²) in [4.78, 5) is 14.3. The number of hydrogen-bond acceptors (Lipinski definition) is 2. The number of hydrogen-bond donors (Lipinski definition) is 0. The van der Waals surface area contributed by atoms with Crippen LogP contribution in [-0.2, 0) is 4.79 Å². The lowest BCUT2D eigenvalue weighted by atomic mass is 9.99. The molecule has 1 saturated heterocycles. The largest absolute Gasteiger partial charge is 0.483 e. The fourth-order valence-corrected chi connectivity index (χ4v) is 3.37. The summed E-state index contributed by atoms with van der Waals surface area (Å²) in [6.45, 7) is 8.01. The molecule has 0 bridgehead atoms. The fraction of sp³-hybridized carbons (Fsp3) is 0.435. The van der Waals surface area contributed by atoms with Crippen molar-refractivity contribution in [2.45, 2.75) is 52.1 Å². The summed E-state index contributed by atoms with van der Waals surface area (Å²) in [7, 11) is 0. The van der Waals surface area contributed by atoms with Crippen molar-refractivity contribution < 1.29 is 9.53 Å². The van der Waals surface area contributed by atoms with Gasteiger partial charge in [-0.2, -0.15) is 0 Å². The monoisotopic (exact) mass is 351 g/mol. The SMILES string of the molecule is CCC(C=CC(=O)N1CCCCC1)=Cc1ccc2c(c1)C=CC(C)(C)O2. The molecule has 0 N–H and O–H groups in total. The van der Waals surface area contributed by atoms with Gasteiger partial charge < -0.3 is 9.64 Å². The molecule has 1 aromatic rings. The van der Waals surface area contributed by atoms with Crippen molar-refractivity contribution in [3.05, 3.63) is 53.1 Å². The van der Waals surface area contributed by atoms with Gasteiger partial charge in [0.05, 0.1) is 0 Å². The lowest BCUT2D eigenvalue weighted by molar-refractivity contribution is -0.126. The van der Waals surface area contributed by atoms with Gasteiger partial charge in [0.25, 0.3) is 0 Å². The highest BCUT2D eigenvalue weighted by atomic mass is 16.5. The van der Waals surface area contributed by atoms with Gasteiger partial charge in [-0.05, 0) is 68.9 Å². The Kier molecular flexibility index (Phi) is 5.65. The van der Waals surface area contributed by atoms with E-state index in [1.807, 2.05) is 17.0 Å². The molecular formula is C23H29NO2. The van der Waals surface area contributed by atoms with Crippen LogP contribution in [-0.4, -0.2) is 29.5 Å². The predicted molar refractivity (Wildman–Crippen MR) is 108 cm³/mol. The van der Waals surface area contributed by atoms with Gasteiger partial charge in [0.15, 0.2) is 0 Å². The van der Waals surface area contributed by atoms with E-state index in [2.05, 4.69) is 51.1 Å². The maximum Gasteiger partial charge on any atom is 0.246 e. The summed E-state index contributed by atoms with van der Waals surface area (Å²) >= 11 is 0. The zero-order valence-electron chi connectivity index (χ0n) is 16.1. The minimum absolute atomic E-state index is 0.132. The second kappa shape index (κ2) is 7.94. The number of nitrogens with zero attached hydrogens (tertiary/aromatic N) is 1. The molecule has 3 nitrogen and oxygen atoms in total. The Morgan fingerprint density at radius 1 is 1.19 bits per heavy atom.